The monoisotopic (exact) mass is 262 g/mol. The van der Waals surface area contributed by atoms with Gasteiger partial charge in [-0.3, -0.25) is 0 Å². The van der Waals surface area contributed by atoms with Gasteiger partial charge in [0.05, 0.1) is 5.69 Å². The Labute approximate surface area is 109 Å². The van der Waals surface area contributed by atoms with Gasteiger partial charge in [0, 0.05) is 10.6 Å². The van der Waals surface area contributed by atoms with Gasteiger partial charge in [-0.1, -0.05) is 12.1 Å². The Morgan fingerprint density at radius 2 is 1.67 bits per heavy atom. The van der Waals surface area contributed by atoms with Gasteiger partial charge >= 0.3 is 6.03 Å². The second-order valence-corrected chi connectivity index (χ2v) is 4.08. The molecule has 0 aliphatic carbocycles. The maximum Gasteiger partial charge on any atom is 0.323 e. The number of nitrogens with one attached hydrogen (secondary N) is 2. The molecule has 0 unspecified atom stereocenters. The third-order valence-electron chi connectivity index (χ3n) is 2.25. The summed E-state index contributed by atoms with van der Waals surface area (Å²) in [5.41, 5.74) is 1.13. The van der Waals surface area contributed by atoms with Gasteiger partial charge in [0.1, 0.15) is 5.82 Å². The molecule has 2 aromatic rings. The summed E-state index contributed by atoms with van der Waals surface area (Å²) in [5, 5.41) is 5.25. The highest BCUT2D eigenvalue weighted by Crippen LogP contribution is 2.18. The van der Waals surface area contributed by atoms with Crippen LogP contribution in [0.25, 0.3) is 0 Å². The molecule has 2 rings (SSSR count). The Hall–Kier alpha value is -2.01. The third kappa shape index (κ3) is 3.24. The number of hydrogen-bond acceptors (Lipinski definition) is 2. The van der Waals surface area contributed by atoms with Crippen molar-refractivity contribution in [2.75, 3.05) is 10.6 Å². The van der Waals surface area contributed by atoms with E-state index in [1.165, 1.54) is 24.3 Å². The van der Waals surface area contributed by atoms with E-state index < -0.39 is 6.03 Å². The zero-order chi connectivity index (χ0) is 13.0. The highest BCUT2D eigenvalue weighted by atomic mass is 32.1. The minimum atomic E-state index is -0.400. The van der Waals surface area contributed by atoms with Crippen LogP contribution in [0.1, 0.15) is 0 Å². The SMILES string of the molecule is O=C(Nc1ccc(F)cc1)Nc1ccccc1S. The van der Waals surface area contributed by atoms with Crippen LogP contribution in [0.15, 0.2) is 53.4 Å². The van der Waals surface area contributed by atoms with Crippen molar-refractivity contribution in [3.05, 3.63) is 54.3 Å². The second kappa shape index (κ2) is 5.55. The molecule has 2 aromatic carbocycles. The number of anilines is 2. The lowest BCUT2D eigenvalue weighted by Gasteiger charge is -2.09. The lowest BCUT2D eigenvalue weighted by molar-refractivity contribution is 0.262. The normalized spacial score (nSPS) is 9.89. The van der Waals surface area contributed by atoms with Gasteiger partial charge < -0.3 is 10.6 Å². The molecule has 0 atom stereocenters. The highest BCUT2D eigenvalue weighted by Gasteiger charge is 2.04. The molecule has 0 aliphatic heterocycles. The van der Waals surface area contributed by atoms with Crippen molar-refractivity contribution in [3.8, 4) is 0 Å². The van der Waals surface area contributed by atoms with Gasteiger partial charge in [-0.2, -0.15) is 0 Å². The van der Waals surface area contributed by atoms with Gasteiger partial charge in [0.25, 0.3) is 0 Å². The molecule has 18 heavy (non-hydrogen) atoms. The number of carbonyl (C=O) groups excluding carboxylic acids is 1. The zero-order valence-corrected chi connectivity index (χ0v) is 10.2. The first-order chi connectivity index (χ1) is 8.65. The molecule has 0 spiro atoms. The molecule has 2 amide bonds. The number of rotatable bonds is 2. The summed E-state index contributed by atoms with van der Waals surface area (Å²) in [6.45, 7) is 0. The van der Waals surface area contributed by atoms with Crippen molar-refractivity contribution < 1.29 is 9.18 Å². The largest absolute Gasteiger partial charge is 0.323 e. The molecular formula is C13H11FN2OS. The predicted octanol–water partition coefficient (Wildman–Crippen LogP) is 3.76. The van der Waals surface area contributed by atoms with Crippen LogP contribution in [0.4, 0.5) is 20.6 Å². The predicted molar refractivity (Wildman–Crippen MR) is 72.7 cm³/mol. The van der Waals surface area contributed by atoms with E-state index in [4.69, 9.17) is 0 Å². The minimum Gasteiger partial charge on any atom is -0.308 e. The number of halogens is 1. The van der Waals surface area contributed by atoms with E-state index in [9.17, 15) is 9.18 Å². The van der Waals surface area contributed by atoms with Gasteiger partial charge in [0.2, 0.25) is 0 Å². The Morgan fingerprint density at radius 1 is 1.00 bits per heavy atom. The summed E-state index contributed by atoms with van der Waals surface area (Å²) in [5.74, 6) is -0.346. The fraction of sp³-hybridized carbons (Fsp3) is 0. The fourth-order valence-corrected chi connectivity index (χ4v) is 1.61. The van der Waals surface area contributed by atoms with E-state index in [0.29, 0.717) is 16.3 Å². The van der Waals surface area contributed by atoms with E-state index in [1.54, 1.807) is 18.2 Å². The van der Waals surface area contributed by atoms with Crippen molar-refractivity contribution in [1.29, 1.82) is 0 Å². The summed E-state index contributed by atoms with van der Waals surface area (Å²) in [6.07, 6.45) is 0. The molecule has 0 aromatic heterocycles. The van der Waals surface area contributed by atoms with Crippen LogP contribution in [0.5, 0.6) is 0 Å². The summed E-state index contributed by atoms with van der Waals surface area (Å²) < 4.78 is 12.7. The molecule has 0 aliphatic rings. The Bertz CT molecular complexity index is 557. The lowest BCUT2D eigenvalue weighted by Crippen LogP contribution is -2.19. The molecule has 5 heteroatoms. The molecule has 0 radical (unpaired) electrons. The average Bonchev–Trinajstić information content (AvgIpc) is 2.35. The number of amides is 2. The smallest absolute Gasteiger partial charge is 0.308 e. The number of hydrogen-bond donors (Lipinski definition) is 3. The molecule has 0 saturated heterocycles. The van der Waals surface area contributed by atoms with Crippen LogP contribution in [-0.2, 0) is 0 Å². The third-order valence-corrected chi connectivity index (χ3v) is 2.64. The molecule has 3 nitrogen and oxygen atoms in total. The topological polar surface area (TPSA) is 41.1 Å². The maximum absolute atomic E-state index is 12.7. The van der Waals surface area contributed by atoms with Crippen molar-refractivity contribution in [2.45, 2.75) is 4.90 Å². The summed E-state index contributed by atoms with van der Waals surface area (Å²) in [6, 6.07) is 12.3. The first-order valence-corrected chi connectivity index (χ1v) is 5.71. The Balaban J connectivity index is 2.01. The summed E-state index contributed by atoms with van der Waals surface area (Å²) in [7, 11) is 0. The van der Waals surface area contributed by atoms with Gasteiger partial charge in [-0.15, -0.1) is 12.6 Å². The van der Waals surface area contributed by atoms with E-state index in [0.717, 1.165) is 0 Å². The number of para-hydroxylation sites is 1. The van der Waals surface area contributed by atoms with E-state index in [1.807, 2.05) is 6.07 Å². The van der Waals surface area contributed by atoms with Crippen LogP contribution in [0.3, 0.4) is 0 Å². The molecule has 92 valence electrons. The standard InChI is InChI=1S/C13H11FN2OS/c14-9-5-7-10(8-6-9)15-13(17)16-11-3-1-2-4-12(11)18/h1-8,18H,(H2,15,16,17). The van der Waals surface area contributed by atoms with Crippen LogP contribution in [0, 0.1) is 5.82 Å². The van der Waals surface area contributed by atoms with Crippen molar-refractivity contribution in [3.63, 3.8) is 0 Å². The van der Waals surface area contributed by atoms with Gasteiger partial charge in [-0.25, -0.2) is 9.18 Å². The molecular weight excluding hydrogens is 251 g/mol. The Morgan fingerprint density at radius 3 is 2.33 bits per heavy atom. The Kier molecular flexibility index (Phi) is 3.84. The van der Waals surface area contributed by atoms with E-state index in [-0.39, 0.29) is 5.82 Å². The van der Waals surface area contributed by atoms with Crippen molar-refractivity contribution >= 4 is 30.0 Å². The average molecular weight is 262 g/mol. The van der Waals surface area contributed by atoms with Crippen molar-refractivity contribution in [1.82, 2.24) is 0 Å². The van der Waals surface area contributed by atoms with Crippen LogP contribution in [0.2, 0.25) is 0 Å². The van der Waals surface area contributed by atoms with Crippen LogP contribution in [-0.4, -0.2) is 6.03 Å². The van der Waals surface area contributed by atoms with E-state index in [2.05, 4.69) is 23.3 Å². The van der Waals surface area contributed by atoms with Crippen LogP contribution >= 0.6 is 12.6 Å². The van der Waals surface area contributed by atoms with Crippen molar-refractivity contribution in [2.24, 2.45) is 0 Å². The minimum absolute atomic E-state index is 0.346. The highest BCUT2D eigenvalue weighted by molar-refractivity contribution is 7.80. The first kappa shape index (κ1) is 12.4. The second-order valence-electron chi connectivity index (χ2n) is 3.60. The van der Waals surface area contributed by atoms with Crippen LogP contribution < -0.4 is 10.6 Å². The molecule has 0 fully saturated rings. The molecule has 0 bridgehead atoms. The molecule has 0 saturated carbocycles. The summed E-state index contributed by atoms with van der Waals surface area (Å²) >= 11 is 4.22. The number of carbonyl (C=O) groups is 1. The molecule has 2 N–H and O–H groups in total. The quantitative estimate of drug-likeness (QED) is 0.709. The van der Waals surface area contributed by atoms with Gasteiger partial charge in [0.15, 0.2) is 0 Å². The number of thiol groups is 1. The number of urea groups is 1. The molecule has 0 heterocycles. The van der Waals surface area contributed by atoms with E-state index >= 15 is 0 Å². The zero-order valence-electron chi connectivity index (χ0n) is 9.35. The van der Waals surface area contributed by atoms with Gasteiger partial charge in [-0.05, 0) is 36.4 Å². The maximum atomic E-state index is 12.7. The first-order valence-electron chi connectivity index (χ1n) is 5.27. The number of benzene rings is 2. The lowest BCUT2D eigenvalue weighted by atomic mass is 10.3. The summed E-state index contributed by atoms with van der Waals surface area (Å²) in [4.78, 5) is 12.3. The fourth-order valence-electron chi connectivity index (χ4n) is 1.40.